The number of hydrogen-bond acceptors (Lipinski definition) is 4. The SMILES string of the molecule is CN=C(NCCCSc1ccc(F)cc1)NCCCc1nc(C)cs1. The molecule has 0 fully saturated rings. The number of halogens is 1. The van der Waals surface area contributed by atoms with Gasteiger partial charge in [0, 0.05) is 42.5 Å². The first-order valence-corrected chi connectivity index (χ1v) is 10.3. The van der Waals surface area contributed by atoms with Gasteiger partial charge in [0.1, 0.15) is 5.82 Å². The van der Waals surface area contributed by atoms with E-state index >= 15 is 0 Å². The van der Waals surface area contributed by atoms with Gasteiger partial charge < -0.3 is 10.6 Å². The molecule has 1 aromatic heterocycles. The molecule has 1 aromatic carbocycles. The van der Waals surface area contributed by atoms with Crippen LogP contribution in [0.4, 0.5) is 4.39 Å². The number of thioether (sulfide) groups is 1. The molecule has 0 aliphatic carbocycles. The molecular formula is C18H25FN4S2. The first-order valence-electron chi connectivity index (χ1n) is 8.41. The van der Waals surface area contributed by atoms with Crippen LogP contribution in [0.1, 0.15) is 23.5 Å². The van der Waals surface area contributed by atoms with Crippen molar-refractivity contribution in [3.63, 3.8) is 0 Å². The van der Waals surface area contributed by atoms with Crippen LogP contribution in [0.2, 0.25) is 0 Å². The molecule has 136 valence electrons. The smallest absolute Gasteiger partial charge is 0.190 e. The number of rotatable bonds is 9. The van der Waals surface area contributed by atoms with E-state index in [1.807, 2.05) is 19.1 Å². The molecule has 0 bridgehead atoms. The fourth-order valence-electron chi connectivity index (χ4n) is 2.18. The van der Waals surface area contributed by atoms with E-state index in [-0.39, 0.29) is 5.82 Å². The Morgan fingerprint density at radius 2 is 1.92 bits per heavy atom. The van der Waals surface area contributed by atoms with Gasteiger partial charge in [-0.2, -0.15) is 0 Å². The number of nitrogens with zero attached hydrogens (tertiary/aromatic N) is 2. The van der Waals surface area contributed by atoms with Gasteiger partial charge in [-0.15, -0.1) is 23.1 Å². The molecule has 0 spiro atoms. The Morgan fingerprint density at radius 3 is 2.56 bits per heavy atom. The molecule has 2 aromatic rings. The van der Waals surface area contributed by atoms with Crippen LogP contribution in [-0.2, 0) is 6.42 Å². The lowest BCUT2D eigenvalue weighted by Gasteiger charge is -2.11. The Labute approximate surface area is 157 Å². The zero-order valence-corrected chi connectivity index (χ0v) is 16.4. The van der Waals surface area contributed by atoms with Crippen molar-refractivity contribution < 1.29 is 4.39 Å². The van der Waals surface area contributed by atoms with E-state index in [1.165, 1.54) is 17.1 Å². The van der Waals surface area contributed by atoms with Crippen molar-refractivity contribution in [3.8, 4) is 0 Å². The van der Waals surface area contributed by atoms with E-state index in [2.05, 4.69) is 26.0 Å². The van der Waals surface area contributed by atoms with Crippen LogP contribution >= 0.6 is 23.1 Å². The van der Waals surface area contributed by atoms with E-state index < -0.39 is 0 Å². The summed E-state index contributed by atoms with van der Waals surface area (Å²) in [6, 6.07) is 6.63. The maximum Gasteiger partial charge on any atom is 0.190 e. The van der Waals surface area contributed by atoms with Crippen LogP contribution < -0.4 is 10.6 Å². The maximum atomic E-state index is 12.8. The van der Waals surface area contributed by atoms with Crippen LogP contribution in [0.15, 0.2) is 39.5 Å². The van der Waals surface area contributed by atoms with Gasteiger partial charge in [0.05, 0.1) is 5.01 Å². The highest BCUT2D eigenvalue weighted by Crippen LogP contribution is 2.18. The van der Waals surface area contributed by atoms with Crippen LogP contribution in [0.3, 0.4) is 0 Å². The van der Waals surface area contributed by atoms with E-state index in [4.69, 9.17) is 0 Å². The summed E-state index contributed by atoms with van der Waals surface area (Å²) >= 11 is 3.46. The molecule has 0 unspecified atom stereocenters. The van der Waals surface area contributed by atoms with Crippen molar-refractivity contribution >= 4 is 29.1 Å². The van der Waals surface area contributed by atoms with Gasteiger partial charge in [-0.25, -0.2) is 9.37 Å². The second-order valence-electron chi connectivity index (χ2n) is 5.57. The number of thiazole rings is 1. The molecule has 0 radical (unpaired) electrons. The zero-order chi connectivity index (χ0) is 17.9. The van der Waals surface area contributed by atoms with Crippen molar-refractivity contribution in [2.75, 3.05) is 25.9 Å². The summed E-state index contributed by atoms with van der Waals surface area (Å²) in [6.07, 6.45) is 3.05. The van der Waals surface area contributed by atoms with Gasteiger partial charge in [0.15, 0.2) is 5.96 Å². The molecule has 0 aliphatic heterocycles. The number of guanidine groups is 1. The van der Waals surface area contributed by atoms with Gasteiger partial charge >= 0.3 is 0 Å². The third kappa shape index (κ3) is 7.88. The minimum absolute atomic E-state index is 0.189. The average molecular weight is 381 g/mol. The van der Waals surface area contributed by atoms with Crippen molar-refractivity contribution in [1.82, 2.24) is 15.6 Å². The lowest BCUT2D eigenvalue weighted by molar-refractivity contribution is 0.626. The lowest BCUT2D eigenvalue weighted by Crippen LogP contribution is -2.38. The Kier molecular flexibility index (Phi) is 8.76. The molecule has 0 amide bonds. The predicted molar refractivity (Wildman–Crippen MR) is 106 cm³/mol. The van der Waals surface area contributed by atoms with Crippen LogP contribution in [0.25, 0.3) is 0 Å². The predicted octanol–water partition coefficient (Wildman–Crippen LogP) is 3.87. The van der Waals surface area contributed by atoms with Crippen molar-refractivity contribution in [2.24, 2.45) is 4.99 Å². The summed E-state index contributed by atoms with van der Waals surface area (Å²) in [5, 5.41) is 9.93. The molecule has 0 saturated heterocycles. The third-order valence-electron chi connectivity index (χ3n) is 3.45. The van der Waals surface area contributed by atoms with E-state index in [0.717, 1.165) is 54.7 Å². The van der Waals surface area contributed by atoms with E-state index in [0.29, 0.717) is 0 Å². The highest BCUT2D eigenvalue weighted by atomic mass is 32.2. The fourth-order valence-corrected chi connectivity index (χ4v) is 3.86. The first-order chi connectivity index (χ1) is 12.2. The standard InChI is InChI=1S/C18H25FN4S2/c1-14-13-25-17(23-14)5-3-10-21-18(20-2)22-11-4-12-24-16-8-6-15(19)7-9-16/h6-9,13H,3-5,10-12H2,1-2H3,(H2,20,21,22). The molecule has 7 heteroatoms. The minimum atomic E-state index is -0.189. The number of benzene rings is 1. The Bertz CT molecular complexity index is 655. The molecular weight excluding hydrogens is 355 g/mol. The Hall–Kier alpha value is -1.60. The Balaban J connectivity index is 1.53. The van der Waals surface area contributed by atoms with E-state index in [9.17, 15) is 4.39 Å². The summed E-state index contributed by atoms with van der Waals surface area (Å²) in [5.74, 6) is 1.63. The van der Waals surface area contributed by atoms with Crippen molar-refractivity contribution in [2.45, 2.75) is 31.1 Å². The number of aliphatic imine (C=N–C) groups is 1. The highest BCUT2D eigenvalue weighted by Gasteiger charge is 2.01. The normalized spacial score (nSPS) is 11.6. The molecule has 4 nitrogen and oxygen atoms in total. The second-order valence-corrected chi connectivity index (χ2v) is 7.68. The maximum absolute atomic E-state index is 12.8. The van der Waals surface area contributed by atoms with Gasteiger partial charge in [-0.3, -0.25) is 4.99 Å². The average Bonchev–Trinajstić information content (AvgIpc) is 3.03. The topological polar surface area (TPSA) is 49.3 Å². The summed E-state index contributed by atoms with van der Waals surface area (Å²) in [4.78, 5) is 9.80. The number of hydrogen-bond donors (Lipinski definition) is 2. The summed E-state index contributed by atoms with van der Waals surface area (Å²) in [6.45, 7) is 3.76. The molecule has 0 saturated carbocycles. The molecule has 2 N–H and O–H groups in total. The summed E-state index contributed by atoms with van der Waals surface area (Å²) in [7, 11) is 1.78. The quantitative estimate of drug-likeness (QED) is 0.300. The van der Waals surface area contributed by atoms with Gasteiger partial charge in [0.25, 0.3) is 0 Å². The zero-order valence-electron chi connectivity index (χ0n) is 14.7. The molecule has 2 rings (SSSR count). The van der Waals surface area contributed by atoms with Crippen molar-refractivity contribution in [1.29, 1.82) is 0 Å². The van der Waals surface area contributed by atoms with Crippen molar-refractivity contribution in [3.05, 3.63) is 46.2 Å². The number of nitrogens with one attached hydrogen (secondary N) is 2. The van der Waals surface area contributed by atoms with Gasteiger partial charge in [-0.1, -0.05) is 0 Å². The monoisotopic (exact) mass is 380 g/mol. The molecule has 25 heavy (non-hydrogen) atoms. The molecule has 0 aliphatic rings. The number of aromatic nitrogens is 1. The van der Waals surface area contributed by atoms with Crippen LogP contribution in [0, 0.1) is 12.7 Å². The van der Waals surface area contributed by atoms with Gasteiger partial charge in [0.2, 0.25) is 0 Å². The summed E-state index contributed by atoms with van der Waals surface area (Å²) < 4.78 is 12.8. The minimum Gasteiger partial charge on any atom is -0.356 e. The largest absolute Gasteiger partial charge is 0.356 e. The Morgan fingerprint density at radius 1 is 1.20 bits per heavy atom. The highest BCUT2D eigenvalue weighted by molar-refractivity contribution is 7.99. The van der Waals surface area contributed by atoms with Gasteiger partial charge in [-0.05, 0) is 49.8 Å². The first kappa shape index (κ1) is 19.7. The third-order valence-corrected chi connectivity index (χ3v) is 5.57. The van der Waals surface area contributed by atoms with E-state index in [1.54, 1.807) is 30.1 Å². The second kappa shape index (κ2) is 11.1. The number of aryl methyl sites for hydroxylation is 2. The van der Waals surface area contributed by atoms with Crippen LogP contribution in [0.5, 0.6) is 0 Å². The summed E-state index contributed by atoms with van der Waals surface area (Å²) in [5.41, 5.74) is 1.10. The fraction of sp³-hybridized carbons (Fsp3) is 0.444. The van der Waals surface area contributed by atoms with Crippen LogP contribution in [-0.4, -0.2) is 36.8 Å². The lowest BCUT2D eigenvalue weighted by atomic mass is 10.3. The molecule has 0 atom stereocenters. The molecule has 1 heterocycles.